The SMILES string of the molecule is CCOc1ccc(C(=O)C2C(=O)C(=O)N(c3nnc(C)s3)C2c2ccc(Cl)cc2)cc1. The highest BCUT2D eigenvalue weighted by Gasteiger charge is 2.53. The highest BCUT2D eigenvalue weighted by Crippen LogP contribution is 2.42. The summed E-state index contributed by atoms with van der Waals surface area (Å²) in [6.07, 6.45) is 0. The van der Waals surface area contributed by atoms with Crippen molar-refractivity contribution < 1.29 is 19.1 Å². The Morgan fingerprint density at radius 2 is 1.77 bits per heavy atom. The number of anilines is 1. The molecule has 1 fully saturated rings. The number of benzene rings is 2. The molecule has 2 atom stereocenters. The van der Waals surface area contributed by atoms with Crippen LogP contribution in [0, 0.1) is 12.8 Å². The summed E-state index contributed by atoms with van der Waals surface area (Å²) >= 11 is 7.21. The van der Waals surface area contributed by atoms with Gasteiger partial charge in [-0.15, -0.1) is 10.2 Å². The average Bonchev–Trinajstić information content (AvgIpc) is 3.30. The topological polar surface area (TPSA) is 89.5 Å². The number of aryl methyl sites for hydroxylation is 1. The quantitative estimate of drug-likeness (QED) is 0.316. The number of Topliss-reactive ketones (excluding diaryl/α,β-unsaturated/α-hetero) is 2. The summed E-state index contributed by atoms with van der Waals surface area (Å²) in [7, 11) is 0. The van der Waals surface area contributed by atoms with Gasteiger partial charge in [-0.1, -0.05) is 35.1 Å². The Hall–Kier alpha value is -3.10. The van der Waals surface area contributed by atoms with Crippen molar-refractivity contribution in [2.45, 2.75) is 19.9 Å². The lowest BCUT2D eigenvalue weighted by Gasteiger charge is -2.24. The molecule has 0 spiro atoms. The number of aromatic nitrogens is 2. The molecule has 1 aliphatic heterocycles. The predicted molar refractivity (Wildman–Crippen MR) is 117 cm³/mol. The van der Waals surface area contributed by atoms with Gasteiger partial charge in [-0.2, -0.15) is 0 Å². The summed E-state index contributed by atoms with van der Waals surface area (Å²) in [5.74, 6) is -2.58. The molecule has 4 rings (SSSR count). The summed E-state index contributed by atoms with van der Waals surface area (Å²) in [4.78, 5) is 40.7. The number of carbonyl (C=O) groups excluding carboxylic acids is 3. The van der Waals surface area contributed by atoms with Crippen LogP contribution in [-0.2, 0) is 9.59 Å². The molecule has 2 aromatic carbocycles. The monoisotopic (exact) mass is 455 g/mol. The van der Waals surface area contributed by atoms with Crippen LogP contribution in [-0.4, -0.2) is 34.3 Å². The third-order valence-electron chi connectivity index (χ3n) is 4.97. The van der Waals surface area contributed by atoms with Gasteiger partial charge in [0, 0.05) is 10.6 Å². The van der Waals surface area contributed by atoms with Crippen molar-refractivity contribution in [1.82, 2.24) is 10.2 Å². The number of carbonyl (C=O) groups is 3. The van der Waals surface area contributed by atoms with Gasteiger partial charge in [0.25, 0.3) is 5.91 Å². The molecule has 1 aliphatic rings. The van der Waals surface area contributed by atoms with Gasteiger partial charge in [0.1, 0.15) is 16.7 Å². The van der Waals surface area contributed by atoms with Gasteiger partial charge in [0.15, 0.2) is 5.78 Å². The highest BCUT2D eigenvalue weighted by molar-refractivity contribution is 7.15. The molecule has 7 nitrogen and oxygen atoms in total. The lowest BCUT2D eigenvalue weighted by atomic mass is 9.86. The second-order valence-corrected chi connectivity index (χ2v) is 8.54. The zero-order valence-electron chi connectivity index (χ0n) is 16.7. The molecular weight excluding hydrogens is 438 g/mol. The van der Waals surface area contributed by atoms with Crippen LogP contribution in [0.15, 0.2) is 48.5 Å². The van der Waals surface area contributed by atoms with Crippen molar-refractivity contribution in [3.8, 4) is 5.75 Å². The van der Waals surface area contributed by atoms with Crippen molar-refractivity contribution in [3.05, 3.63) is 69.7 Å². The van der Waals surface area contributed by atoms with E-state index in [9.17, 15) is 14.4 Å². The van der Waals surface area contributed by atoms with E-state index in [0.29, 0.717) is 33.5 Å². The molecule has 1 aromatic heterocycles. The molecule has 2 unspecified atom stereocenters. The van der Waals surface area contributed by atoms with Gasteiger partial charge in [-0.3, -0.25) is 19.3 Å². The largest absolute Gasteiger partial charge is 0.494 e. The first-order chi connectivity index (χ1) is 14.9. The maximum Gasteiger partial charge on any atom is 0.297 e. The number of amides is 1. The van der Waals surface area contributed by atoms with Crippen molar-refractivity contribution in [2.75, 3.05) is 11.5 Å². The number of halogens is 1. The number of hydrogen-bond acceptors (Lipinski definition) is 7. The van der Waals surface area contributed by atoms with E-state index >= 15 is 0 Å². The summed E-state index contributed by atoms with van der Waals surface area (Å²) in [6.45, 7) is 4.11. The van der Waals surface area contributed by atoms with E-state index in [1.807, 2.05) is 6.92 Å². The van der Waals surface area contributed by atoms with Crippen LogP contribution >= 0.6 is 22.9 Å². The molecule has 1 saturated heterocycles. The van der Waals surface area contributed by atoms with Gasteiger partial charge in [0.05, 0.1) is 12.6 Å². The molecule has 9 heteroatoms. The number of ether oxygens (including phenoxy) is 1. The average molecular weight is 456 g/mol. The second-order valence-electron chi connectivity index (χ2n) is 6.94. The van der Waals surface area contributed by atoms with Crippen LogP contribution in [0.25, 0.3) is 0 Å². The van der Waals surface area contributed by atoms with E-state index in [4.69, 9.17) is 16.3 Å². The van der Waals surface area contributed by atoms with Crippen LogP contribution in [0.2, 0.25) is 5.02 Å². The molecule has 158 valence electrons. The summed E-state index contributed by atoms with van der Waals surface area (Å²) in [5, 5.41) is 9.43. The molecular formula is C22H18ClN3O4S. The Kier molecular flexibility index (Phi) is 5.84. The van der Waals surface area contributed by atoms with Gasteiger partial charge in [-0.25, -0.2) is 0 Å². The fourth-order valence-corrected chi connectivity index (χ4v) is 4.43. The number of nitrogens with zero attached hydrogens (tertiary/aromatic N) is 3. The highest BCUT2D eigenvalue weighted by atomic mass is 35.5. The second kappa shape index (κ2) is 8.56. The van der Waals surface area contributed by atoms with Gasteiger partial charge in [-0.05, 0) is 55.8 Å². The first-order valence-electron chi connectivity index (χ1n) is 9.60. The molecule has 0 radical (unpaired) electrons. The van der Waals surface area contributed by atoms with Crippen molar-refractivity contribution in [3.63, 3.8) is 0 Å². The number of hydrogen-bond donors (Lipinski definition) is 0. The lowest BCUT2D eigenvalue weighted by molar-refractivity contribution is -0.135. The van der Waals surface area contributed by atoms with Gasteiger partial charge < -0.3 is 4.74 Å². The Bertz CT molecular complexity index is 1140. The molecule has 0 saturated carbocycles. The molecule has 0 aliphatic carbocycles. The van der Waals surface area contributed by atoms with Crippen LogP contribution in [0.3, 0.4) is 0 Å². The van der Waals surface area contributed by atoms with E-state index in [1.165, 1.54) is 16.2 Å². The Morgan fingerprint density at radius 1 is 1.10 bits per heavy atom. The van der Waals surface area contributed by atoms with Crippen LogP contribution in [0.4, 0.5) is 5.13 Å². The summed E-state index contributed by atoms with van der Waals surface area (Å²) in [6, 6.07) is 12.4. The van der Waals surface area contributed by atoms with Crippen LogP contribution in [0.1, 0.15) is 33.9 Å². The maximum atomic E-state index is 13.4. The molecule has 0 bridgehead atoms. The first kappa shape index (κ1) is 21.1. The van der Waals surface area contributed by atoms with Gasteiger partial charge in [0.2, 0.25) is 10.9 Å². The summed E-state index contributed by atoms with van der Waals surface area (Å²) in [5.41, 5.74) is 0.935. The van der Waals surface area contributed by atoms with Crippen molar-refractivity contribution >= 4 is 45.5 Å². The van der Waals surface area contributed by atoms with Crippen LogP contribution < -0.4 is 9.64 Å². The Labute approximate surface area is 187 Å². The number of ketones is 2. The molecule has 31 heavy (non-hydrogen) atoms. The van der Waals surface area contributed by atoms with E-state index < -0.39 is 29.4 Å². The minimum absolute atomic E-state index is 0.276. The van der Waals surface area contributed by atoms with E-state index in [1.54, 1.807) is 55.5 Å². The minimum Gasteiger partial charge on any atom is -0.494 e. The minimum atomic E-state index is -1.21. The third kappa shape index (κ3) is 3.96. The summed E-state index contributed by atoms with van der Waals surface area (Å²) < 4.78 is 5.42. The third-order valence-corrected chi connectivity index (χ3v) is 6.06. The standard InChI is InChI=1S/C22H18ClN3O4S/c1-3-30-16-10-6-14(7-11-16)19(27)17-18(13-4-8-15(23)9-5-13)26(21(29)20(17)28)22-25-24-12(2)31-22/h4-11,17-18H,3H2,1-2H3. The van der Waals surface area contributed by atoms with Crippen LogP contribution in [0.5, 0.6) is 5.75 Å². The van der Waals surface area contributed by atoms with E-state index in [2.05, 4.69) is 10.2 Å². The van der Waals surface area contributed by atoms with Crippen molar-refractivity contribution in [2.24, 2.45) is 5.92 Å². The fraction of sp³-hybridized carbons (Fsp3) is 0.227. The van der Waals surface area contributed by atoms with Crippen molar-refractivity contribution in [1.29, 1.82) is 0 Å². The van der Waals surface area contributed by atoms with E-state index in [0.717, 1.165) is 0 Å². The zero-order valence-corrected chi connectivity index (χ0v) is 18.3. The predicted octanol–water partition coefficient (Wildman–Crippen LogP) is 4.05. The maximum absolute atomic E-state index is 13.4. The smallest absolute Gasteiger partial charge is 0.297 e. The zero-order chi connectivity index (χ0) is 22.1. The molecule has 3 aromatic rings. The fourth-order valence-electron chi connectivity index (χ4n) is 3.59. The van der Waals surface area contributed by atoms with E-state index in [-0.39, 0.29) is 5.13 Å². The Balaban J connectivity index is 1.78. The first-order valence-corrected chi connectivity index (χ1v) is 10.8. The van der Waals surface area contributed by atoms with Gasteiger partial charge >= 0.3 is 0 Å². The normalized spacial score (nSPS) is 18.5. The lowest BCUT2D eigenvalue weighted by Crippen LogP contribution is -2.30. The number of rotatable bonds is 6. The molecule has 0 N–H and O–H groups in total. The molecule has 2 heterocycles. The molecule has 1 amide bonds. The Morgan fingerprint density at radius 3 is 2.35 bits per heavy atom.